The Hall–Kier alpha value is -3.00. The lowest BCUT2D eigenvalue weighted by Gasteiger charge is -2.17. The molecule has 4 rings (SSSR count). The number of rotatable bonds is 5. The van der Waals surface area contributed by atoms with Gasteiger partial charge in [0, 0.05) is 30.5 Å². The molecule has 2 amide bonds. The Balaban J connectivity index is 1.48. The Morgan fingerprint density at radius 1 is 1.28 bits per heavy atom. The van der Waals surface area contributed by atoms with Gasteiger partial charge in [-0.1, -0.05) is 11.2 Å². The molecule has 0 bridgehead atoms. The molecule has 1 saturated heterocycles. The summed E-state index contributed by atoms with van der Waals surface area (Å²) in [6, 6.07) is 9.90. The van der Waals surface area contributed by atoms with E-state index in [0.717, 1.165) is 21.0 Å². The number of thiophene rings is 1. The predicted molar refractivity (Wildman–Crippen MR) is 111 cm³/mol. The summed E-state index contributed by atoms with van der Waals surface area (Å²) >= 11 is 1.51. The number of benzene rings is 1. The first-order valence-corrected chi connectivity index (χ1v) is 10.3. The number of aromatic nitrogens is 2. The second-order valence-corrected chi connectivity index (χ2v) is 8.47. The van der Waals surface area contributed by atoms with E-state index in [1.54, 1.807) is 4.90 Å². The molecule has 29 heavy (non-hydrogen) atoms. The highest BCUT2D eigenvalue weighted by Crippen LogP contribution is 2.33. The molecule has 1 unspecified atom stereocenters. The summed E-state index contributed by atoms with van der Waals surface area (Å²) in [7, 11) is 0. The van der Waals surface area contributed by atoms with Crippen LogP contribution in [-0.4, -0.2) is 28.5 Å². The fourth-order valence-electron chi connectivity index (χ4n) is 3.32. The number of anilines is 1. The first-order chi connectivity index (χ1) is 13.9. The molecule has 3 aromatic rings. The highest BCUT2D eigenvalue weighted by atomic mass is 32.1. The minimum Gasteiger partial charge on any atom is -0.351 e. The van der Waals surface area contributed by atoms with Crippen LogP contribution in [0.2, 0.25) is 0 Å². The third-order valence-corrected chi connectivity index (χ3v) is 6.19. The van der Waals surface area contributed by atoms with Crippen LogP contribution in [0.1, 0.15) is 41.2 Å². The van der Waals surface area contributed by atoms with Gasteiger partial charge in [-0.05, 0) is 49.2 Å². The number of hydrogen-bond acceptors (Lipinski definition) is 6. The van der Waals surface area contributed by atoms with E-state index in [0.29, 0.717) is 31.2 Å². The van der Waals surface area contributed by atoms with Gasteiger partial charge < -0.3 is 14.7 Å². The average Bonchev–Trinajstić information content (AvgIpc) is 3.41. The van der Waals surface area contributed by atoms with Crippen molar-refractivity contribution < 1.29 is 14.1 Å². The van der Waals surface area contributed by atoms with E-state index < -0.39 is 0 Å². The highest BCUT2D eigenvalue weighted by Gasteiger charge is 2.35. The van der Waals surface area contributed by atoms with E-state index in [1.807, 2.05) is 37.3 Å². The Morgan fingerprint density at radius 2 is 2.10 bits per heavy atom. The number of nitrogens with zero attached hydrogens (tertiary/aromatic N) is 3. The summed E-state index contributed by atoms with van der Waals surface area (Å²) < 4.78 is 5.48. The quantitative estimate of drug-likeness (QED) is 0.695. The van der Waals surface area contributed by atoms with Crippen LogP contribution < -0.4 is 10.2 Å². The lowest BCUT2D eigenvalue weighted by Crippen LogP contribution is -2.24. The number of amides is 2. The fraction of sp³-hybridized carbons (Fsp3) is 0.333. The molecule has 1 aromatic carbocycles. The molecule has 0 radical (unpaired) electrons. The first-order valence-electron chi connectivity index (χ1n) is 9.45. The van der Waals surface area contributed by atoms with Crippen LogP contribution >= 0.6 is 11.3 Å². The summed E-state index contributed by atoms with van der Waals surface area (Å²) in [5.74, 6) is 0.865. The van der Waals surface area contributed by atoms with Crippen LogP contribution in [0.15, 0.2) is 34.9 Å². The smallest absolute Gasteiger partial charge is 0.232 e. The third-order valence-electron chi connectivity index (χ3n) is 5.11. The van der Waals surface area contributed by atoms with Gasteiger partial charge in [0.25, 0.3) is 0 Å². The second-order valence-electron chi connectivity index (χ2n) is 7.31. The van der Waals surface area contributed by atoms with E-state index in [9.17, 15) is 9.59 Å². The minimum absolute atomic E-state index is 0.0618. The third kappa shape index (κ3) is 4.07. The lowest BCUT2D eigenvalue weighted by molar-refractivity contribution is -0.119. The molecule has 1 N–H and O–H groups in total. The molecule has 0 saturated carbocycles. The molecule has 3 heterocycles. The van der Waals surface area contributed by atoms with E-state index >= 15 is 0 Å². The van der Waals surface area contributed by atoms with Gasteiger partial charge in [0.05, 0.1) is 17.3 Å². The van der Waals surface area contributed by atoms with Gasteiger partial charge in [0.2, 0.25) is 23.5 Å². The summed E-state index contributed by atoms with van der Waals surface area (Å²) in [4.78, 5) is 31.8. The van der Waals surface area contributed by atoms with Gasteiger partial charge in [0.1, 0.15) is 0 Å². The molecule has 0 aliphatic carbocycles. The van der Waals surface area contributed by atoms with Crippen molar-refractivity contribution in [2.45, 2.75) is 39.7 Å². The normalized spacial score (nSPS) is 16.4. The Labute approximate surface area is 172 Å². The van der Waals surface area contributed by atoms with E-state index in [4.69, 9.17) is 4.52 Å². The van der Waals surface area contributed by atoms with Crippen molar-refractivity contribution in [2.75, 3.05) is 11.4 Å². The molecule has 150 valence electrons. The molecular weight excluding hydrogens is 388 g/mol. The highest BCUT2D eigenvalue weighted by molar-refractivity contribution is 7.15. The van der Waals surface area contributed by atoms with E-state index in [1.165, 1.54) is 23.8 Å². The van der Waals surface area contributed by atoms with Crippen molar-refractivity contribution in [2.24, 2.45) is 0 Å². The molecular formula is C21H22N4O3S. The first kappa shape index (κ1) is 19.3. The monoisotopic (exact) mass is 410 g/mol. The number of carbonyl (C=O) groups is 2. The maximum atomic E-state index is 12.6. The lowest BCUT2D eigenvalue weighted by atomic mass is 10.1. The molecule has 1 aliphatic heterocycles. The topological polar surface area (TPSA) is 88.3 Å². The standard InChI is InChI=1S/C21H22N4O3S/c1-12-4-5-16(8-13(12)2)25-11-15(9-19(25)27)21-23-20(24-28-21)18-7-6-17(29-18)10-22-14(3)26/h4-8,15H,9-11H2,1-3H3,(H,22,26). The minimum atomic E-state index is -0.121. The Morgan fingerprint density at radius 3 is 2.86 bits per heavy atom. The SMILES string of the molecule is CC(=O)NCc1ccc(-c2noc(C3CC(=O)N(c4ccc(C)c(C)c4)C3)n2)s1. The van der Waals surface area contributed by atoms with Gasteiger partial charge in [-0.15, -0.1) is 11.3 Å². The molecule has 8 heteroatoms. The Kier molecular flexibility index (Phi) is 5.19. The zero-order chi connectivity index (χ0) is 20.5. The van der Waals surface area contributed by atoms with Crippen LogP contribution in [0.25, 0.3) is 10.7 Å². The van der Waals surface area contributed by atoms with Crippen molar-refractivity contribution in [3.05, 3.63) is 52.2 Å². The maximum Gasteiger partial charge on any atom is 0.232 e. The number of aryl methyl sites for hydroxylation is 2. The van der Waals surface area contributed by atoms with Crippen LogP contribution in [0, 0.1) is 13.8 Å². The zero-order valence-corrected chi connectivity index (χ0v) is 17.4. The van der Waals surface area contributed by atoms with Gasteiger partial charge in [-0.2, -0.15) is 4.98 Å². The summed E-state index contributed by atoms with van der Waals surface area (Å²) in [5.41, 5.74) is 3.26. The molecule has 1 fully saturated rings. The van der Waals surface area contributed by atoms with Gasteiger partial charge in [-0.25, -0.2) is 0 Å². The van der Waals surface area contributed by atoms with Crippen molar-refractivity contribution >= 4 is 28.8 Å². The maximum absolute atomic E-state index is 12.6. The summed E-state index contributed by atoms with van der Waals surface area (Å²) in [5, 5.41) is 6.87. The van der Waals surface area contributed by atoms with Gasteiger partial charge >= 0.3 is 0 Å². The number of carbonyl (C=O) groups excluding carboxylic acids is 2. The van der Waals surface area contributed by atoms with E-state index in [-0.39, 0.29) is 17.7 Å². The fourth-order valence-corrected chi connectivity index (χ4v) is 4.19. The zero-order valence-electron chi connectivity index (χ0n) is 16.6. The van der Waals surface area contributed by atoms with Crippen molar-refractivity contribution in [1.82, 2.24) is 15.5 Å². The van der Waals surface area contributed by atoms with Crippen LogP contribution in [0.3, 0.4) is 0 Å². The molecule has 1 aliphatic rings. The molecule has 2 aromatic heterocycles. The van der Waals surface area contributed by atoms with Crippen molar-refractivity contribution in [1.29, 1.82) is 0 Å². The molecule has 0 spiro atoms. The van der Waals surface area contributed by atoms with Crippen LogP contribution in [-0.2, 0) is 16.1 Å². The second kappa shape index (κ2) is 7.79. The summed E-state index contributed by atoms with van der Waals surface area (Å²) in [6.45, 7) is 6.60. The largest absolute Gasteiger partial charge is 0.351 e. The Bertz CT molecular complexity index is 1070. The van der Waals surface area contributed by atoms with Crippen molar-refractivity contribution in [3.8, 4) is 10.7 Å². The van der Waals surface area contributed by atoms with Crippen LogP contribution in [0.4, 0.5) is 5.69 Å². The number of hydrogen-bond donors (Lipinski definition) is 1. The predicted octanol–water partition coefficient (Wildman–Crippen LogP) is 3.57. The number of nitrogens with one attached hydrogen (secondary N) is 1. The van der Waals surface area contributed by atoms with Crippen LogP contribution in [0.5, 0.6) is 0 Å². The molecule has 1 atom stereocenters. The molecule has 7 nitrogen and oxygen atoms in total. The van der Waals surface area contributed by atoms with Gasteiger partial charge in [0.15, 0.2) is 0 Å². The van der Waals surface area contributed by atoms with E-state index in [2.05, 4.69) is 22.4 Å². The summed E-state index contributed by atoms with van der Waals surface area (Å²) in [6.07, 6.45) is 0.354. The average molecular weight is 410 g/mol. The van der Waals surface area contributed by atoms with Gasteiger partial charge in [-0.3, -0.25) is 9.59 Å². The van der Waals surface area contributed by atoms with Crippen molar-refractivity contribution in [3.63, 3.8) is 0 Å².